The summed E-state index contributed by atoms with van der Waals surface area (Å²) in [6.45, 7) is 19.2. The first-order valence-corrected chi connectivity index (χ1v) is 14.5. The molecule has 3 heteroatoms. The summed E-state index contributed by atoms with van der Waals surface area (Å²) >= 11 is 0. The minimum Gasteiger partial charge on any atom is -0.465 e. The van der Waals surface area contributed by atoms with Crippen molar-refractivity contribution in [1.82, 2.24) is 0 Å². The van der Waals surface area contributed by atoms with E-state index in [4.69, 9.17) is 4.74 Å². The molecule has 0 N–H and O–H groups in total. The molecule has 0 saturated heterocycles. The topological polar surface area (TPSA) is 43.4 Å². The second kappa shape index (κ2) is 7.70. The van der Waals surface area contributed by atoms with Gasteiger partial charge in [-0.3, -0.25) is 9.59 Å². The number of hydrogen-bond donors (Lipinski definition) is 0. The van der Waals surface area contributed by atoms with Gasteiger partial charge in [0.15, 0.2) is 0 Å². The zero-order valence-corrected chi connectivity index (χ0v) is 23.8. The van der Waals surface area contributed by atoms with E-state index in [2.05, 4.69) is 54.5 Å². The van der Waals surface area contributed by atoms with Gasteiger partial charge in [0.2, 0.25) is 0 Å². The highest BCUT2D eigenvalue weighted by Gasteiger charge is 2.68. The molecule has 0 amide bonds. The highest BCUT2D eigenvalue weighted by atomic mass is 16.5. The van der Waals surface area contributed by atoms with Crippen LogP contribution < -0.4 is 0 Å². The minimum atomic E-state index is -0.179. The first-order chi connectivity index (χ1) is 16.1. The van der Waals surface area contributed by atoms with Crippen molar-refractivity contribution in [2.75, 3.05) is 6.61 Å². The standard InChI is InChI=1S/C32H50O3/c1-21(33)35-20-28(4)15-16-29(5)17-18-31(7)22(23(29)19-28)9-10-25-30(6)13-12-26(34)27(2,3)24(30)11-14-32(25,31)8/h19,22,24-25H,9-18,20H2,1-8H3. The molecule has 0 bridgehead atoms. The highest BCUT2D eigenvalue weighted by Crippen LogP contribution is 2.76. The fraction of sp³-hybridized carbons (Fsp3) is 0.875. The number of fused-ring (bicyclic) bond motifs is 7. The number of carbonyl (C=O) groups is 2. The molecule has 0 aromatic heterocycles. The minimum absolute atomic E-state index is 0.0477. The number of rotatable bonds is 2. The van der Waals surface area contributed by atoms with E-state index >= 15 is 0 Å². The molecule has 4 fully saturated rings. The Bertz CT molecular complexity index is 962. The van der Waals surface area contributed by atoms with Gasteiger partial charge in [0.05, 0.1) is 0 Å². The fourth-order valence-electron chi connectivity index (χ4n) is 10.7. The van der Waals surface area contributed by atoms with Crippen LogP contribution in [0.4, 0.5) is 0 Å². The van der Waals surface area contributed by atoms with Crippen molar-refractivity contribution >= 4 is 11.8 Å². The van der Waals surface area contributed by atoms with Crippen LogP contribution in [0.1, 0.15) is 120 Å². The highest BCUT2D eigenvalue weighted by molar-refractivity contribution is 5.85. The summed E-state index contributed by atoms with van der Waals surface area (Å²) in [5.74, 6) is 2.17. The molecule has 0 heterocycles. The molecule has 3 nitrogen and oxygen atoms in total. The molecule has 8 atom stereocenters. The zero-order valence-electron chi connectivity index (χ0n) is 23.8. The number of ketones is 1. The van der Waals surface area contributed by atoms with Gasteiger partial charge < -0.3 is 4.74 Å². The van der Waals surface area contributed by atoms with Crippen molar-refractivity contribution < 1.29 is 14.3 Å². The summed E-state index contributed by atoms with van der Waals surface area (Å²) in [7, 11) is 0. The largest absolute Gasteiger partial charge is 0.465 e. The predicted molar refractivity (Wildman–Crippen MR) is 141 cm³/mol. The van der Waals surface area contributed by atoms with Gasteiger partial charge in [-0.25, -0.2) is 0 Å². The van der Waals surface area contributed by atoms with Crippen LogP contribution >= 0.6 is 0 Å². The van der Waals surface area contributed by atoms with E-state index in [0.29, 0.717) is 46.4 Å². The molecule has 0 spiro atoms. The lowest BCUT2D eigenvalue weighted by Crippen LogP contribution is -2.65. The average molecular weight is 483 g/mol. The van der Waals surface area contributed by atoms with Gasteiger partial charge in [0, 0.05) is 24.2 Å². The SMILES string of the molecule is CC(=O)OCC1(C)C=C2C3CCC4C5(C)CCC(=O)C(C)(C)C5CCC4(C)C3(C)CCC2(C)CC1. The van der Waals surface area contributed by atoms with Crippen LogP contribution in [-0.4, -0.2) is 18.4 Å². The molecule has 5 aliphatic carbocycles. The number of hydrogen-bond acceptors (Lipinski definition) is 3. The van der Waals surface area contributed by atoms with Crippen molar-refractivity contribution in [2.45, 2.75) is 120 Å². The average Bonchev–Trinajstić information content (AvgIpc) is 2.77. The van der Waals surface area contributed by atoms with E-state index in [-0.39, 0.29) is 22.2 Å². The lowest BCUT2D eigenvalue weighted by Gasteiger charge is -2.72. The Labute approximate surface area is 214 Å². The summed E-state index contributed by atoms with van der Waals surface area (Å²) in [6, 6.07) is 0. The molecule has 5 aliphatic rings. The molecule has 0 radical (unpaired) electrons. The van der Waals surface area contributed by atoms with E-state index in [1.807, 2.05) is 0 Å². The lowest BCUT2D eigenvalue weighted by atomic mass is 9.32. The molecule has 0 aromatic rings. The van der Waals surface area contributed by atoms with Gasteiger partial charge in [-0.1, -0.05) is 60.1 Å². The Morgan fingerprint density at radius 2 is 1.54 bits per heavy atom. The van der Waals surface area contributed by atoms with Gasteiger partial charge in [-0.15, -0.1) is 0 Å². The summed E-state index contributed by atoms with van der Waals surface area (Å²) in [5.41, 5.74) is 2.63. The van der Waals surface area contributed by atoms with Crippen molar-refractivity contribution in [3.05, 3.63) is 11.6 Å². The second-order valence-corrected chi connectivity index (χ2v) is 15.4. The maximum Gasteiger partial charge on any atom is 0.302 e. The number of allylic oxidation sites excluding steroid dienone is 1. The predicted octanol–water partition coefficient (Wildman–Crippen LogP) is 7.92. The summed E-state index contributed by atoms with van der Waals surface area (Å²) < 4.78 is 5.55. The monoisotopic (exact) mass is 482 g/mol. The van der Waals surface area contributed by atoms with Crippen LogP contribution in [0.2, 0.25) is 0 Å². The Kier molecular flexibility index (Phi) is 5.62. The molecule has 0 aromatic carbocycles. The number of ether oxygens (including phenoxy) is 1. The Balaban J connectivity index is 1.52. The molecule has 196 valence electrons. The first kappa shape index (κ1) is 25.5. The smallest absolute Gasteiger partial charge is 0.302 e. The van der Waals surface area contributed by atoms with Crippen LogP contribution in [0.5, 0.6) is 0 Å². The second-order valence-electron chi connectivity index (χ2n) is 15.4. The van der Waals surface area contributed by atoms with Crippen LogP contribution in [-0.2, 0) is 14.3 Å². The number of Topliss-reactive ketones (excluding diaryl/α,β-unsaturated/α-hetero) is 1. The van der Waals surface area contributed by atoms with Crippen molar-refractivity contribution in [1.29, 1.82) is 0 Å². The van der Waals surface area contributed by atoms with Crippen molar-refractivity contribution in [2.24, 2.45) is 50.2 Å². The van der Waals surface area contributed by atoms with Crippen molar-refractivity contribution in [3.63, 3.8) is 0 Å². The lowest BCUT2D eigenvalue weighted by molar-refractivity contribution is -0.211. The Morgan fingerprint density at radius 1 is 0.857 bits per heavy atom. The molecule has 5 rings (SSSR count). The fourth-order valence-corrected chi connectivity index (χ4v) is 10.7. The maximum atomic E-state index is 13.0. The van der Waals surface area contributed by atoms with Crippen molar-refractivity contribution in [3.8, 4) is 0 Å². The number of esters is 1. The summed E-state index contributed by atoms with van der Waals surface area (Å²) in [5, 5.41) is 0. The van der Waals surface area contributed by atoms with Gasteiger partial charge >= 0.3 is 5.97 Å². The Hall–Kier alpha value is -1.12. The van der Waals surface area contributed by atoms with E-state index in [1.54, 1.807) is 5.57 Å². The first-order valence-electron chi connectivity index (χ1n) is 14.5. The third-order valence-electron chi connectivity index (χ3n) is 13.2. The van der Waals surface area contributed by atoms with Gasteiger partial charge in [0.25, 0.3) is 0 Å². The summed E-state index contributed by atoms with van der Waals surface area (Å²) in [4.78, 5) is 24.6. The molecule has 8 unspecified atom stereocenters. The molecular formula is C32H50O3. The molecule has 35 heavy (non-hydrogen) atoms. The van der Waals surface area contributed by atoms with Crippen LogP contribution in [0.25, 0.3) is 0 Å². The zero-order chi connectivity index (χ0) is 25.7. The van der Waals surface area contributed by atoms with E-state index in [0.717, 1.165) is 19.3 Å². The van der Waals surface area contributed by atoms with Crippen LogP contribution in [0.15, 0.2) is 11.6 Å². The number of carbonyl (C=O) groups excluding carboxylic acids is 2. The quantitative estimate of drug-likeness (QED) is 0.296. The van der Waals surface area contributed by atoms with E-state index in [1.165, 1.54) is 51.9 Å². The molecule has 0 aliphatic heterocycles. The van der Waals surface area contributed by atoms with Crippen LogP contribution in [0.3, 0.4) is 0 Å². The van der Waals surface area contributed by atoms with E-state index in [9.17, 15) is 9.59 Å². The third kappa shape index (κ3) is 3.41. The van der Waals surface area contributed by atoms with Gasteiger partial charge in [0.1, 0.15) is 12.4 Å². The third-order valence-corrected chi connectivity index (χ3v) is 13.2. The maximum absolute atomic E-state index is 13.0. The normalized spacial score (nSPS) is 50.7. The Morgan fingerprint density at radius 3 is 2.23 bits per heavy atom. The van der Waals surface area contributed by atoms with Gasteiger partial charge in [-0.05, 0) is 97.2 Å². The summed E-state index contributed by atoms with van der Waals surface area (Å²) in [6.07, 6.45) is 14.4. The van der Waals surface area contributed by atoms with E-state index < -0.39 is 0 Å². The van der Waals surface area contributed by atoms with Gasteiger partial charge in [-0.2, -0.15) is 0 Å². The molecular weight excluding hydrogens is 432 g/mol. The van der Waals surface area contributed by atoms with Crippen LogP contribution in [0, 0.1) is 50.2 Å². The molecule has 4 saturated carbocycles.